The Bertz CT molecular complexity index is 1540. The van der Waals surface area contributed by atoms with Crippen LogP contribution in [0.2, 0.25) is 0 Å². The van der Waals surface area contributed by atoms with E-state index in [1.165, 1.54) is 19.3 Å². The highest BCUT2D eigenvalue weighted by molar-refractivity contribution is 5.91. The summed E-state index contributed by atoms with van der Waals surface area (Å²) in [5, 5.41) is 0. The molecule has 0 N–H and O–H groups in total. The number of benzene rings is 3. The normalized spacial score (nSPS) is 15.1. The van der Waals surface area contributed by atoms with E-state index in [9.17, 15) is 14.4 Å². The molecule has 0 amide bonds. The lowest BCUT2D eigenvalue weighted by molar-refractivity contribution is -0.158. The van der Waals surface area contributed by atoms with Crippen LogP contribution in [-0.2, 0) is 19.1 Å². The molecule has 0 aromatic heterocycles. The third-order valence-corrected chi connectivity index (χ3v) is 8.86. The molecule has 1 saturated heterocycles. The Morgan fingerprint density at radius 2 is 1.27 bits per heavy atom. The topological polar surface area (TPSA) is 97.4 Å². The zero-order valence-electron chi connectivity index (χ0n) is 30.1. The molecule has 8 heteroatoms. The lowest BCUT2D eigenvalue weighted by Gasteiger charge is -2.24. The van der Waals surface area contributed by atoms with Crippen molar-refractivity contribution in [1.29, 1.82) is 0 Å². The fourth-order valence-electron chi connectivity index (χ4n) is 5.90. The van der Waals surface area contributed by atoms with E-state index in [1.807, 2.05) is 36.4 Å². The summed E-state index contributed by atoms with van der Waals surface area (Å²) < 4.78 is 28.9. The average molecular weight is 697 g/mol. The van der Waals surface area contributed by atoms with Crippen LogP contribution in [0, 0.1) is 0 Å². The van der Waals surface area contributed by atoms with Crippen LogP contribution in [-0.4, -0.2) is 36.4 Å². The molecular formula is C43H52O8. The predicted molar refractivity (Wildman–Crippen MR) is 199 cm³/mol. The second-order valence-electron chi connectivity index (χ2n) is 13.0. The van der Waals surface area contributed by atoms with Gasteiger partial charge in [-0.3, -0.25) is 0 Å². The molecule has 272 valence electrons. The van der Waals surface area contributed by atoms with Gasteiger partial charge < -0.3 is 23.7 Å². The molecule has 0 radical (unpaired) electrons. The molecular weight excluding hydrogens is 644 g/mol. The number of carbonyl (C=O) groups is 3. The standard InChI is InChI=1S/C43H52O8/c1-5-8-10-12-13-15-17-41(51-40(44)7-3)48-36-24-18-32(19-25-36)33-20-26-37(27-21-33)49-43(46)34-22-28-35(29-23-34)47-38(16-14-11-9-6-2)39-30-31(4)42(45)50-39/h7,18-29,38-39,41H,3-6,8-17,30H2,1-2H3. The number of carbonyl (C=O) groups excluding carboxylic acids is 3. The highest BCUT2D eigenvalue weighted by Gasteiger charge is 2.35. The van der Waals surface area contributed by atoms with Gasteiger partial charge in [-0.15, -0.1) is 0 Å². The number of esters is 3. The molecule has 4 rings (SSSR count). The maximum Gasteiger partial charge on any atom is 0.343 e. The molecule has 0 spiro atoms. The smallest absolute Gasteiger partial charge is 0.343 e. The molecule has 51 heavy (non-hydrogen) atoms. The quantitative estimate of drug-likeness (QED) is 0.0337. The summed E-state index contributed by atoms with van der Waals surface area (Å²) in [6.45, 7) is 11.7. The van der Waals surface area contributed by atoms with Crippen LogP contribution in [0.1, 0.15) is 108 Å². The highest BCUT2D eigenvalue weighted by atomic mass is 16.7. The van der Waals surface area contributed by atoms with E-state index in [1.54, 1.807) is 36.4 Å². The van der Waals surface area contributed by atoms with Crippen molar-refractivity contribution in [3.63, 3.8) is 0 Å². The summed E-state index contributed by atoms with van der Waals surface area (Å²) in [7, 11) is 0. The number of unbranched alkanes of at least 4 members (excludes halogenated alkanes) is 8. The van der Waals surface area contributed by atoms with Gasteiger partial charge in [-0.2, -0.15) is 0 Å². The first-order valence-electron chi connectivity index (χ1n) is 18.4. The van der Waals surface area contributed by atoms with Crippen molar-refractivity contribution in [1.82, 2.24) is 0 Å². The number of hydrogen-bond acceptors (Lipinski definition) is 8. The Labute approximate surface area is 302 Å². The molecule has 3 unspecified atom stereocenters. The average Bonchev–Trinajstić information content (AvgIpc) is 3.48. The van der Waals surface area contributed by atoms with Crippen molar-refractivity contribution < 1.29 is 38.1 Å². The van der Waals surface area contributed by atoms with Crippen LogP contribution < -0.4 is 14.2 Å². The Hall–Kier alpha value is -4.85. The molecule has 0 bridgehead atoms. The zero-order valence-corrected chi connectivity index (χ0v) is 30.1. The van der Waals surface area contributed by atoms with E-state index in [4.69, 9.17) is 23.7 Å². The summed E-state index contributed by atoms with van der Waals surface area (Å²) in [6, 6.07) is 21.6. The maximum absolute atomic E-state index is 12.9. The summed E-state index contributed by atoms with van der Waals surface area (Å²) in [6.07, 6.45) is 12.7. The van der Waals surface area contributed by atoms with E-state index in [0.29, 0.717) is 41.2 Å². The first kappa shape index (κ1) is 38.9. The molecule has 1 fully saturated rings. The molecule has 1 aliphatic heterocycles. The maximum atomic E-state index is 12.9. The van der Waals surface area contributed by atoms with Gasteiger partial charge in [-0.25, -0.2) is 14.4 Å². The van der Waals surface area contributed by atoms with Crippen molar-refractivity contribution in [3.8, 4) is 28.4 Å². The second kappa shape index (κ2) is 20.7. The van der Waals surface area contributed by atoms with Crippen molar-refractivity contribution in [2.45, 2.75) is 116 Å². The van der Waals surface area contributed by atoms with Crippen LogP contribution in [0.15, 0.2) is 97.6 Å². The van der Waals surface area contributed by atoms with Gasteiger partial charge >= 0.3 is 17.9 Å². The zero-order chi connectivity index (χ0) is 36.4. The monoisotopic (exact) mass is 696 g/mol. The minimum Gasteiger partial charge on any atom is -0.487 e. The minimum atomic E-state index is -0.679. The lowest BCUT2D eigenvalue weighted by atomic mass is 10.0. The first-order chi connectivity index (χ1) is 24.8. The van der Waals surface area contributed by atoms with Gasteiger partial charge in [0.1, 0.15) is 29.5 Å². The Kier molecular flexibility index (Phi) is 15.8. The van der Waals surface area contributed by atoms with Gasteiger partial charge in [0, 0.05) is 24.5 Å². The van der Waals surface area contributed by atoms with E-state index in [-0.39, 0.29) is 18.2 Å². The van der Waals surface area contributed by atoms with Gasteiger partial charge in [0.05, 0.1) is 5.56 Å². The Balaban J connectivity index is 1.30. The predicted octanol–water partition coefficient (Wildman–Crippen LogP) is 10.3. The SMILES string of the molecule is C=CC(=O)OC(CCCCCCCC)Oc1ccc(-c2ccc(OC(=O)c3ccc(OC(CCCCCC)C4CC(=C)C(=O)O4)cc3)cc2)cc1. The fraction of sp³-hybridized carbons (Fsp3) is 0.419. The number of ether oxygens (including phenoxy) is 5. The number of cyclic esters (lactones) is 1. The van der Waals surface area contributed by atoms with Gasteiger partial charge in [-0.05, 0) is 78.9 Å². The third-order valence-electron chi connectivity index (χ3n) is 8.86. The van der Waals surface area contributed by atoms with Gasteiger partial charge in [-0.1, -0.05) is 103 Å². The van der Waals surface area contributed by atoms with Crippen LogP contribution in [0.3, 0.4) is 0 Å². The molecule has 3 atom stereocenters. The van der Waals surface area contributed by atoms with Crippen LogP contribution in [0.25, 0.3) is 11.1 Å². The molecule has 0 aliphatic carbocycles. The van der Waals surface area contributed by atoms with Gasteiger partial charge in [0.15, 0.2) is 0 Å². The minimum absolute atomic E-state index is 0.293. The summed E-state index contributed by atoms with van der Waals surface area (Å²) in [5.41, 5.74) is 2.74. The summed E-state index contributed by atoms with van der Waals surface area (Å²) >= 11 is 0. The summed E-state index contributed by atoms with van der Waals surface area (Å²) in [5.74, 6) is 0.250. The second-order valence-corrected chi connectivity index (χ2v) is 13.0. The Morgan fingerprint density at radius 3 is 1.86 bits per heavy atom. The number of rotatable bonds is 22. The van der Waals surface area contributed by atoms with E-state index in [2.05, 4.69) is 27.0 Å². The highest BCUT2D eigenvalue weighted by Crippen LogP contribution is 2.29. The van der Waals surface area contributed by atoms with Crippen molar-refractivity contribution in [2.24, 2.45) is 0 Å². The van der Waals surface area contributed by atoms with Gasteiger partial charge in [0.2, 0.25) is 6.29 Å². The van der Waals surface area contributed by atoms with Crippen molar-refractivity contribution in [2.75, 3.05) is 0 Å². The van der Waals surface area contributed by atoms with Gasteiger partial charge in [0.25, 0.3) is 0 Å². The van der Waals surface area contributed by atoms with E-state index >= 15 is 0 Å². The van der Waals surface area contributed by atoms with Crippen molar-refractivity contribution >= 4 is 17.9 Å². The van der Waals surface area contributed by atoms with Crippen molar-refractivity contribution in [3.05, 3.63) is 103 Å². The molecule has 3 aromatic rings. The molecule has 0 saturated carbocycles. The molecule has 1 aliphatic rings. The molecule has 3 aromatic carbocycles. The van der Waals surface area contributed by atoms with Crippen LogP contribution in [0.5, 0.6) is 17.2 Å². The van der Waals surface area contributed by atoms with Crippen LogP contribution >= 0.6 is 0 Å². The molecule has 1 heterocycles. The first-order valence-corrected chi connectivity index (χ1v) is 18.4. The largest absolute Gasteiger partial charge is 0.487 e. The third kappa shape index (κ3) is 12.8. The fourth-order valence-corrected chi connectivity index (χ4v) is 5.90. The summed E-state index contributed by atoms with van der Waals surface area (Å²) in [4.78, 5) is 36.8. The number of hydrogen-bond donors (Lipinski definition) is 0. The van der Waals surface area contributed by atoms with Crippen LogP contribution in [0.4, 0.5) is 0 Å². The lowest BCUT2D eigenvalue weighted by Crippen LogP contribution is -2.31. The van der Waals surface area contributed by atoms with E-state index in [0.717, 1.165) is 68.6 Å². The Morgan fingerprint density at radius 1 is 0.745 bits per heavy atom. The molecule has 8 nitrogen and oxygen atoms in total. The van der Waals surface area contributed by atoms with E-state index < -0.39 is 18.2 Å².